The summed E-state index contributed by atoms with van der Waals surface area (Å²) < 4.78 is 0. The van der Waals surface area contributed by atoms with Crippen LogP contribution in [0.1, 0.15) is 5.56 Å². The largest absolute Gasteiger partial charge is 0.544 e. The Bertz CT molecular complexity index is 348. The molecule has 0 amide bonds. The van der Waals surface area contributed by atoms with Crippen LogP contribution in [0.2, 0.25) is 0 Å². The molecule has 1 aromatic carbocycles. The maximum atomic E-state index is 10.4. The van der Waals surface area contributed by atoms with Crippen LogP contribution < -0.4 is 15.1 Å². The van der Waals surface area contributed by atoms with Gasteiger partial charge in [0.2, 0.25) is 0 Å². The van der Waals surface area contributed by atoms with Crippen molar-refractivity contribution in [2.45, 2.75) is 6.54 Å². The van der Waals surface area contributed by atoms with E-state index in [-0.39, 0.29) is 13.1 Å². The summed E-state index contributed by atoms with van der Waals surface area (Å²) in [5, 5.41) is 20.9. The van der Waals surface area contributed by atoms with Crippen molar-refractivity contribution in [3.05, 3.63) is 35.9 Å². The zero-order valence-corrected chi connectivity index (χ0v) is 8.64. The van der Waals surface area contributed by atoms with Crippen molar-refractivity contribution < 1.29 is 24.7 Å². The lowest BCUT2D eigenvalue weighted by Gasteiger charge is -2.20. The maximum absolute atomic E-state index is 10.4. The minimum atomic E-state index is -1.27. The molecule has 0 saturated carbocycles. The zero-order valence-electron chi connectivity index (χ0n) is 8.64. The van der Waals surface area contributed by atoms with E-state index in [1.54, 1.807) is 0 Å². The van der Waals surface area contributed by atoms with Gasteiger partial charge in [-0.2, -0.15) is 0 Å². The Balaban J connectivity index is 2.63. The molecule has 0 heterocycles. The molecule has 0 aliphatic heterocycles. The van der Waals surface area contributed by atoms with Crippen molar-refractivity contribution in [1.82, 2.24) is 0 Å². The molecule has 0 saturated heterocycles. The van der Waals surface area contributed by atoms with Gasteiger partial charge >= 0.3 is 0 Å². The summed E-state index contributed by atoms with van der Waals surface area (Å²) in [6.07, 6.45) is 0. The second-order valence-electron chi connectivity index (χ2n) is 3.51. The van der Waals surface area contributed by atoms with Crippen molar-refractivity contribution in [2.24, 2.45) is 0 Å². The van der Waals surface area contributed by atoms with Crippen LogP contribution in [0.4, 0.5) is 0 Å². The third-order valence-corrected chi connectivity index (χ3v) is 2.09. The third kappa shape index (κ3) is 4.56. The van der Waals surface area contributed by atoms with E-state index in [1.807, 2.05) is 30.3 Å². The zero-order chi connectivity index (χ0) is 12.0. The highest BCUT2D eigenvalue weighted by Gasteiger charge is 2.09. The molecule has 0 aliphatic carbocycles. The Kier molecular flexibility index (Phi) is 4.47. The third-order valence-electron chi connectivity index (χ3n) is 2.09. The monoisotopic (exact) mass is 222 g/mol. The first-order chi connectivity index (χ1) is 7.58. The topological polar surface area (TPSA) is 84.7 Å². The minimum Gasteiger partial charge on any atom is -0.544 e. The van der Waals surface area contributed by atoms with Crippen LogP contribution >= 0.6 is 0 Å². The molecule has 1 rings (SSSR count). The number of rotatable bonds is 6. The summed E-state index contributed by atoms with van der Waals surface area (Å²) in [5.74, 6) is -2.54. The molecule has 16 heavy (non-hydrogen) atoms. The van der Waals surface area contributed by atoms with E-state index in [0.717, 1.165) is 5.56 Å². The van der Waals surface area contributed by atoms with E-state index in [0.29, 0.717) is 11.4 Å². The molecule has 0 radical (unpaired) electrons. The summed E-state index contributed by atoms with van der Waals surface area (Å²) in [4.78, 5) is 21.3. The fourth-order valence-electron chi connectivity index (χ4n) is 1.48. The van der Waals surface area contributed by atoms with E-state index in [1.165, 1.54) is 0 Å². The number of aliphatic carboxylic acids is 2. The summed E-state index contributed by atoms with van der Waals surface area (Å²) in [5.41, 5.74) is 0.875. The molecule has 86 valence electrons. The lowest BCUT2D eigenvalue weighted by molar-refractivity contribution is -0.902. The fourth-order valence-corrected chi connectivity index (χ4v) is 1.48. The first-order valence-electron chi connectivity index (χ1n) is 4.85. The van der Waals surface area contributed by atoms with Crippen LogP contribution in [0.15, 0.2) is 30.3 Å². The molecule has 5 nitrogen and oxygen atoms in total. The van der Waals surface area contributed by atoms with Crippen LogP contribution in [0.3, 0.4) is 0 Å². The van der Waals surface area contributed by atoms with Gasteiger partial charge in [0.15, 0.2) is 0 Å². The Hall–Kier alpha value is -1.88. The highest BCUT2D eigenvalue weighted by molar-refractivity contribution is 5.67. The molecular formula is C11H12NO4-. The van der Waals surface area contributed by atoms with Gasteiger partial charge in [0.1, 0.15) is 19.6 Å². The van der Waals surface area contributed by atoms with Crippen molar-refractivity contribution in [3.63, 3.8) is 0 Å². The van der Waals surface area contributed by atoms with Gasteiger partial charge in [-0.15, -0.1) is 0 Å². The molecule has 0 fully saturated rings. The van der Waals surface area contributed by atoms with Crippen LogP contribution in [-0.4, -0.2) is 25.0 Å². The minimum absolute atomic E-state index is 0.322. The predicted octanol–water partition coefficient (Wildman–Crippen LogP) is -3.43. The lowest BCUT2D eigenvalue weighted by Crippen LogP contribution is -3.13. The van der Waals surface area contributed by atoms with Crippen molar-refractivity contribution in [1.29, 1.82) is 0 Å². The van der Waals surface area contributed by atoms with Gasteiger partial charge in [-0.05, 0) is 0 Å². The average Bonchev–Trinajstić information content (AvgIpc) is 2.16. The molecular weight excluding hydrogens is 210 g/mol. The van der Waals surface area contributed by atoms with Crippen LogP contribution in [-0.2, 0) is 16.1 Å². The van der Waals surface area contributed by atoms with Crippen molar-refractivity contribution in [2.75, 3.05) is 13.1 Å². The first kappa shape index (κ1) is 12.2. The highest BCUT2D eigenvalue weighted by atomic mass is 16.4. The van der Waals surface area contributed by atoms with Crippen molar-refractivity contribution in [3.8, 4) is 0 Å². The number of quaternary nitrogens is 1. The van der Waals surface area contributed by atoms with E-state index in [9.17, 15) is 19.8 Å². The first-order valence-corrected chi connectivity index (χ1v) is 4.85. The van der Waals surface area contributed by atoms with Gasteiger partial charge in [0.25, 0.3) is 0 Å². The predicted molar refractivity (Wildman–Crippen MR) is 50.9 cm³/mol. The van der Waals surface area contributed by atoms with E-state index < -0.39 is 11.9 Å². The van der Waals surface area contributed by atoms with Gasteiger partial charge in [-0.25, -0.2) is 0 Å². The van der Waals surface area contributed by atoms with Gasteiger partial charge in [0, 0.05) is 5.56 Å². The van der Waals surface area contributed by atoms with Crippen LogP contribution in [0.25, 0.3) is 0 Å². The van der Waals surface area contributed by atoms with E-state index in [2.05, 4.69) is 0 Å². The quantitative estimate of drug-likeness (QED) is 0.543. The Labute approximate surface area is 92.9 Å². The highest BCUT2D eigenvalue weighted by Crippen LogP contribution is 1.94. The number of hydrogen-bond donors (Lipinski definition) is 1. The number of carbonyl (C=O) groups excluding carboxylic acids is 2. The number of carboxylic acid groups (broad SMARTS) is 2. The fraction of sp³-hybridized carbons (Fsp3) is 0.273. The molecule has 1 N–H and O–H groups in total. The number of carboxylic acids is 2. The SMILES string of the molecule is O=C([O-])C[NH+](CC(=O)[O-])Cc1ccccc1. The Morgan fingerprint density at radius 2 is 1.50 bits per heavy atom. The van der Waals surface area contributed by atoms with Gasteiger partial charge < -0.3 is 24.7 Å². The van der Waals surface area contributed by atoms with Crippen molar-refractivity contribution >= 4 is 11.9 Å². The Morgan fingerprint density at radius 1 is 1.00 bits per heavy atom. The summed E-state index contributed by atoms with van der Waals surface area (Å²) in [7, 11) is 0. The number of hydrogen-bond acceptors (Lipinski definition) is 4. The summed E-state index contributed by atoms with van der Waals surface area (Å²) >= 11 is 0. The summed E-state index contributed by atoms with van der Waals surface area (Å²) in [6, 6.07) is 9.08. The Morgan fingerprint density at radius 3 is 1.94 bits per heavy atom. The van der Waals surface area contributed by atoms with E-state index in [4.69, 9.17) is 0 Å². The second kappa shape index (κ2) is 5.87. The van der Waals surface area contributed by atoms with Gasteiger partial charge in [-0.1, -0.05) is 30.3 Å². The number of benzene rings is 1. The molecule has 0 atom stereocenters. The molecule has 5 heteroatoms. The second-order valence-corrected chi connectivity index (χ2v) is 3.51. The normalized spacial score (nSPS) is 10.3. The molecule has 0 spiro atoms. The standard InChI is InChI=1S/C11H13NO4/c13-10(14)7-12(8-11(15)16)6-9-4-2-1-3-5-9/h1-5H,6-8H2,(H,13,14)(H,15,16)/p-1. The summed E-state index contributed by atoms with van der Waals surface area (Å²) in [6.45, 7) is -0.367. The van der Waals surface area contributed by atoms with Crippen LogP contribution in [0, 0.1) is 0 Å². The lowest BCUT2D eigenvalue weighted by atomic mass is 10.2. The maximum Gasteiger partial charge on any atom is 0.118 e. The number of carbonyl (C=O) groups is 2. The number of nitrogens with one attached hydrogen (secondary N) is 1. The molecule has 0 aromatic heterocycles. The molecule has 0 aliphatic rings. The van der Waals surface area contributed by atoms with Crippen LogP contribution in [0.5, 0.6) is 0 Å². The smallest absolute Gasteiger partial charge is 0.118 e. The van der Waals surface area contributed by atoms with E-state index >= 15 is 0 Å². The molecule has 0 bridgehead atoms. The average molecular weight is 222 g/mol. The molecule has 0 unspecified atom stereocenters. The van der Waals surface area contributed by atoms with Gasteiger partial charge in [0.05, 0.1) is 11.9 Å². The van der Waals surface area contributed by atoms with Gasteiger partial charge in [-0.3, -0.25) is 0 Å². The molecule has 1 aromatic rings.